The molecule has 6 heteroatoms. The maximum Gasteiger partial charge on any atom is 0.292 e. The summed E-state index contributed by atoms with van der Waals surface area (Å²) < 4.78 is 0. The number of hydrazone groups is 1. The van der Waals surface area contributed by atoms with E-state index < -0.39 is 0 Å². The van der Waals surface area contributed by atoms with Gasteiger partial charge in [0.25, 0.3) is 5.91 Å². The van der Waals surface area contributed by atoms with Gasteiger partial charge in [0.15, 0.2) is 5.69 Å². The Morgan fingerprint density at radius 1 is 1.20 bits per heavy atom. The number of aromatic nitrogens is 3. The van der Waals surface area contributed by atoms with Crippen molar-refractivity contribution >= 4 is 23.0 Å². The molecule has 1 aromatic carbocycles. The Hall–Kier alpha value is -3.02. The van der Waals surface area contributed by atoms with Crippen molar-refractivity contribution in [1.82, 2.24) is 20.6 Å². The van der Waals surface area contributed by atoms with Gasteiger partial charge in [-0.2, -0.15) is 10.2 Å². The van der Waals surface area contributed by atoms with E-state index in [1.54, 1.807) is 30.7 Å². The molecule has 0 aliphatic heterocycles. The van der Waals surface area contributed by atoms with Gasteiger partial charge in [0.1, 0.15) is 0 Å². The van der Waals surface area contributed by atoms with Crippen molar-refractivity contribution in [1.29, 1.82) is 0 Å². The van der Waals surface area contributed by atoms with Gasteiger partial charge in [-0.15, -0.1) is 0 Å². The van der Waals surface area contributed by atoms with Gasteiger partial charge in [0.05, 0.1) is 11.7 Å². The fraction of sp³-hybridized carbons (Fsp3) is 0. The van der Waals surface area contributed by atoms with Gasteiger partial charge in [0.2, 0.25) is 0 Å². The second-order valence-electron chi connectivity index (χ2n) is 4.10. The quantitative estimate of drug-likeness (QED) is 0.558. The van der Waals surface area contributed by atoms with Crippen LogP contribution in [0.3, 0.4) is 0 Å². The van der Waals surface area contributed by atoms with Gasteiger partial charge in [-0.3, -0.25) is 14.9 Å². The highest BCUT2D eigenvalue weighted by Crippen LogP contribution is 2.14. The molecule has 2 heterocycles. The van der Waals surface area contributed by atoms with Crippen LogP contribution in [0.2, 0.25) is 0 Å². The van der Waals surface area contributed by atoms with Crippen LogP contribution < -0.4 is 5.43 Å². The van der Waals surface area contributed by atoms with Gasteiger partial charge < -0.3 is 0 Å². The summed E-state index contributed by atoms with van der Waals surface area (Å²) in [5.41, 5.74) is 4.45. The van der Waals surface area contributed by atoms with Crippen LogP contribution in [0.4, 0.5) is 0 Å². The normalized spacial score (nSPS) is 11.0. The van der Waals surface area contributed by atoms with Crippen molar-refractivity contribution < 1.29 is 4.79 Å². The molecule has 6 nitrogen and oxygen atoms in total. The lowest BCUT2D eigenvalue weighted by molar-refractivity contribution is 0.0951. The molecule has 1 amide bonds. The monoisotopic (exact) mass is 265 g/mol. The Balaban J connectivity index is 1.75. The van der Waals surface area contributed by atoms with E-state index in [2.05, 4.69) is 25.7 Å². The van der Waals surface area contributed by atoms with Gasteiger partial charge in [-0.1, -0.05) is 18.2 Å². The topological polar surface area (TPSA) is 83.0 Å². The third kappa shape index (κ3) is 2.39. The number of benzene rings is 1. The predicted molar refractivity (Wildman–Crippen MR) is 75.4 cm³/mol. The number of hydrogen-bond acceptors (Lipinski definition) is 4. The average molecular weight is 265 g/mol. The van der Waals surface area contributed by atoms with Crippen LogP contribution in [-0.2, 0) is 0 Å². The van der Waals surface area contributed by atoms with E-state index in [9.17, 15) is 4.79 Å². The number of carbonyl (C=O) groups excluding carboxylic acids is 1. The lowest BCUT2D eigenvalue weighted by atomic mass is 10.2. The Kier molecular flexibility index (Phi) is 3.20. The van der Waals surface area contributed by atoms with Gasteiger partial charge in [-0.05, 0) is 23.8 Å². The van der Waals surface area contributed by atoms with Crippen LogP contribution in [0.5, 0.6) is 0 Å². The number of H-pyrrole nitrogens is 1. The minimum atomic E-state index is -0.354. The third-order valence-corrected chi connectivity index (χ3v) is 2.77. The second kappa shape index (κ2) is 5.31. The van der Waals surface area contributed by atoms with E-state index >= 15 is 0 Å². The first kappa shape index (κ1) is 12.0. The van der Waals surface area contributed by atoms with Crippen molar-refractivity contribution in [3.63, 3.8) is 0 Å². The van der Waals surface area contributed by atoms with Crippen molar-refractivity contribution in [3.8, 4) is 0 Å². The van der Waals surface area contributed by atoms with Crippen LogP contribution in [0.1, 0.15) is 16.1 Å². The lowest BCUT2D eigenvalue weighted by Gasteiger charge is -1.96. The molecule has 0 unspecified atom stereocenters. The molecule has 0 saturated carbocycles. The van der Waals surface area contributed by atoms with Gasteiger partial charge in [-0.25, -0.2) is 5.43 Å². The zero-order valence-electron chi connectivity index (χ0n) is 10.4. The summed E-state index contributed by atoms with van der Waals surface area (Å²) in [5.74, 6) is -0.354. The fourth-order valence-corrected chi connectivity index (χ4v) is 1.80. The number of nitrogens with zero attached hydrogens (tertiary/aromatic N) is 3. The lowest BCUT2D eigenvalue weighted by Crippen LogP contribution is -2.18. The summed E-state index contributed by atoms with van der Waals surface area (Å²) in [5, 5.41) is 11.5. The molecule has 0 atom stereocenters. The number of pyridine rings is 1. The molecule has 98 valence electrons. The number of carbonyl (C=O) groups is 1. The number of rotatable bonds is 3. The number of aromatic amines is 1. The number of nitrogens with one attached hydrogen (secondary N) is 2. The first-order valence-electron chi connectivity index (χ1n) is 6.01. The zero-order valence-corrected chi connectivity index (χ0v) is 10.4. The van der Waals surface area contributed by atoms with E-state index in [1.807, 2.05) is 24.3 Å². The maximum absolute atomic E-state index is 12.0. The first-order valence-corrected chi connectivity index (χ1v) is 6.01. The van der Waals surface area contributed by atoms with Crippen molar-refractivity contribution in [2.45, 2.75) is 0 Å². The zero-order chi connectivity index (χ0) is 13.8. The van der Waals surface area contributed by atoms with Crippen molar-refractivity contribution in [2.24, 2.45) is 5.10 Å². The summed E-state index contributed by atoms with van der Waals surface area (Å²) in [6, 6.07) is 11.0. The highest BCUT2D eigenvalue weighted by molar-refractivity contribution is 6.04. The predicted octanol–water partition coefficient (Wildman–Crippen LogP) is 1.72. The molecule has 0 aliphatic carbocycles. The maximum atomic E-state index is 12.0. The standard InChI is InChI=1S/C14H11N5O/c20-14(19-16-9-10-5-7-15-8-6-10)13-11-3-1-2-4-12(11)17-18-13/h1-9H,(H,17,18)(H,19,20). The summed E-state index contributed by atoms with van der Waals surface area (Å²) in [6.07, 6.45) is 4.86. The molecule has 0 bridgehead atoms. The molecule has 2 N–H and O–H groups in total. The van der Waals surface area contributed by atoms with E-state index in [4.69, 9.17) is 0 Å². The number of fused-ring (bicyclic) bond motifs is 1. The molecular weight excluding hydrogens is 254 g/mol. The Bertz CT molecular complexity index is 763. The summed E-state index contributed by atoms with van der Waals surface area (Å²) >= 11 is 0. The molecule has 3 aromatic rings. The summed E-state index contributed by atoms with van der Waals surface area (Å²) in [6.45, 7) is 0. The smallest absolute Gasteiger partial charge is 0.277 e. The van der Waals surface area contributed by atoms with Crippen LogP contribution in [0.25, 0.3) is 10.9 Å². The van der Waals surface area contributed by atoms with E-state index in [0.29, 0.717) is 5.69 Å². The number of amides is 1. The summed E-state index contributed by atoms with van der Waals surface area (Å²) in [4.78, 5) is 15.9. The minimum Gasteiger partial charge on any atom is -0.277 e. The van der Waals surface area contributed by atoms with Crippen molar-refractivity contribution in [3.05, 3.63) is 60.0 Å². The number of para-hydroxylation sites is 1. The number of hydrogen-bond donors (Lipinski definition) is 2. The largest absolute Gasteiger partial charge is 0.292 e. The molecule has 0 aliphatic rings. The van der Waals surface area contributed by atoms with Crippen LogP contribution in [-0.4, -0.2) is 27.3 Å². The van der Waals surface area contributed by atoms with E-state index in [-0.39, 0.29) is 5.91 Å². The average Bonchev–Trinajstić information content (AvgIpc) is 2.92. The van der Waals surface area contributed by atoms with Crippen LogP contribution in [0, 0.1) is 0 Å². The summed E-state index contributed by atoms with van der Waals surface area (Å²) in [7, 11) is 0. The Morgan fingerprint density at radius 3 is 2.85 bits per heavy atom. The minimum absolute atomic E-state index is 0.326. The highest BCUT2D eigenvalue weighted by Gasteiger charge is 2.12. The fourth-order valence-electron chi connectivity index (χ4n) is 1.80. The van der Waals surface area contributed by atoms with E-state index in [0.717, 1.165) is 16.5 Å². The van der Waals surface area contributed by atoms with Gasteiger partial charge in [0, 0.05) is 17.8 Å². The molecule has 0 spiro atoms. The molecule has 3 rings (SSSR count). The highest BCUT2D eigenvalue weighted by atomic mass is 16.2. The molecule has 0 saturated heterocycles. The molecule has 20 heavy (non-hydrogen) atoms. The van der Waals surface area contributed by atoms with Gasteiger partial charge >= 0.3 is 0 Å². The van der Waals surface area contributed by atoms with Crippen molar-refractivity contribution in [2.75, 3.05) is 0 Å². The molecular formula is C14H11N5O. The first-order chi connectivity index (χ1) is 9.84. The van der Waals surface area contributed by atoms with Crippen LogP contribution in [0.15, 0.2) is 53.9 Å². The molecule has 0 fully saturated rings. The third-order valence-electron chi connectivity index (χ3n) is 2.77. The SMILES string of the molecule is O=C(NN=Cc1ccncc1)c1n[nH]c2ccccc12. The van der Waals surface area contributed by atoms with E-state index in [1.165, 1.54) is 0 Å². The Morgan fingerprint density at radius 2 is 2.00 bits per heavy atom. The van der Waals surface area contributed by atoms with Crippen LogP contribution >= 0.6 is 0 Å². The Labute approximate surface area is 114 Å². The second-order valence-corrected chi connectivity index (χ2v) is 4.10. The molecule has 2 aromatic heterocycles. The molecule has 0 radical (unpaired) electrons.